The molecule has 2 atom stereocenters. The Kier molecular flexibility index (Phi) is 3.79. The number of hydrogen-bond acceptors (Lipinski definition) is 4. The van der Waals surface area contributed by atoms with Crippen LogP contribution in [0.3, 0.4) is 0 Å². The zero-order chi connectivity index (χ0) is 16.0. The Labute approximate surface area is 144 Å². The smallest absolute Gasteiger partial charge is 0.246 e. The zero-order valence-corrected chi connectivity index (χ0v) is 14.3. The first-order chi connectivity index (χ1) is 11.2. The van der Waals surface area contributed by atoms with Crippen molar-refractivity contribution in [2.75, 3.05) is 18.6 Å². The maximum Gasteiger partial charge on any atom is 0.246 e. The van der Waals surface area contributed by atoms with Gasteiger partial charge in [0.25, 0.3) is 0 Å². The van der Waals surface area contributed by atoms with Gasteiger partial charge in [0, 0.05) is 17.1 Å². The quantitative estimate of drug-likeness (QED) is 0.842. The monoisotopic (exact) mass is 348 g/mol. The minimum absolute atomic E-state index is 0.0111. The highest BCUT2D eigenvalue weighted by atomic mass is 35.5. The Morgan fingerprint density at radius 3 is 2.91 bits per heavy atom. The van der Waals surface area contributed by atoms with Crippen LogP contribution in [0.2, 0.25) is 5.02 Å². The van der Waals surface area contributed by atoms with Gasteiger partial charge in [-0.3, -0.25) is 14.6 Å². The van der Waals surface area contributed by atoms with Gasteiger partial charge >= 0.3 is 0 Å². The second kappa shape index (κ2) is 5.82. The van der Waals surface area contributed by atoms with Crippen molar-refractivity contribution in [2.24, 2.45) is 0 Å². The standard InChI is InChI=1S/C17H17ClN2O2S/c1-22-14-7-6-11(10-12(14)18)20-16(15-5-3-9-23-15)19-8-2-4-13(19)17(20)21/h3,5-7,9-10,13,16H,2,4,8H2,1H3/t13-,16-/m1/s1. The summed E-state index contributed by atoms with van der Waals surface area (Å²) in [4.78, 5) is 18.4. The summed E-state index contributed by atoms with van der Waals surface area (Å²) in [6.45, 7) is 0.958. The van der Waals surface area contributed by atoms with Gasteiger partial charge in [-0.15, -0.1) is 11.3 Å². The minimum Gasteiger partial charge on any atom is -0.495 e. The van der Waals surface area contributed by atoms with Gasteiger partial charge in [-0.05, 0) is 42.5 Å². The molecule has 1 amide bonds. The molecule has 3 heterocycles. The third-order valence-electron chi connectivity index (χ3n) is 4.59. The Morgan fingerprint density at radius 2 is 2.22 bits per heavy atom. The van der Waals surface area contributed by atoms with Crippen LogP contribution in [0.15, 0.2) is 35.7 Å². The summed E-state index contributed by atoms with van der Waals surface area (Å²) < 4.78 is 5.22. The summed E-state index contributed by atoms with van der Waals surface area (Å²) in [5.74, 6) is 0.789. The summed E-state index contributed by atoms with van der Waals surface area (Å²) in [5.41, 5.74) is 0.827. The van der Waals surface area contributed by atoms with Gasteiger partial charge < -0.3 is 4.74 Å². The summed E-state index contributed by atoms with van der Waals surface area (Å²) in [5, 5.41) is 2.58. The fourth-order valence-corrected chi connectivity index (χ4v) is 4.66. The van der Waals surface area contributed by atoms with Crippen LogP contribution in [0.4, 0.5) is 5.69 Å². The molecule has 1 aromatic carbocycles. The Balaban J connectivity index is 1.78. The highest BCUT2D eigenvalue weighted by Crippen LogP contribution is 2.44. The van der Waals surface area contributed by atoms with E-state index in [9.17, 15) is 4.79 Å². The first kappa shape index (κ1) is 15.0. The van der Waals surface area contributed by atoms with Crippen LogP contribution in [0.25, 0.3) is 0 Å². The first-order valence-corrected chi connectivity index (χ1v) is 8.92. The molecule has 2 saturated heterocycles. The molecule has 0 unspecified atom stereocenters. The number of hydrogen-bond donors (Lipinski definition) is 0. The molecule has 4 rings (SSSR count). The number of carbonyl (C=O) groups is 1. The van der Waals surface area contributed by atoms with E-state index in [2.05, 4.69) is 16.3 Å². The number of ether oxygens (including phenoxy) is 1. The number of halogens is 1. The second-order valence-electron chi connectivity index (χ2n) is 5.81. The maximum absolute atomic E-state index is 13.0. The Hall–Kier alpha value is -1.56. The van der Waals surface area contributed by atoms with Gasteiger partial charge in [0.05, 0.1) is 18.2 Å². The van der Waals surface area contributed by atoms with E-state index in [0.29, 0.717) is 10.8 Å². The van der Waals surface area contributed by atoms with Gasteiger partial charge in [0.1, 0.15) is 11.9 Å². The molecule has 2 aromatic rings. The van der Waals surface area contributed by atoms with Gasteiger partial charge in [-0.1, -0.05) is 17.7 Å². The lowest BCUT2D eigenvalue weighted by Crippen LogP contribution is -2.31. The first-order valence-electron chi connectivity index (χ1n) is 7.66. The summed E-state index contributed by atoms with van der Waals surface area (Å²) in [6, 6.07) is 9.67. The van der Waals surface area contributed by atoms with Gasteiger partial charge in [-0.25, -0.2) is 0 Å². The number of amides is 1. The van der Waals surface area contributed by atoms with Crippen LogP contribution in [0, 0.1) is 0 Å². The molecule has 2 aliphatic rings. The molecule has 2 fully saturated rings. The van der Waals surface area contributed by atoms with Crippen LogP contribution >= 0.6 is 22.9 Å². The van der Waals surface area contributed by atoms with E-state index in [-0.39, 0.29) is 18.1 Å². The number of rotatable bonds is 3. The molecule has 0 N–H and O–H groups in total. The Bertz CT molecular complexity index is 734. The van der Waals surface area contributed by atoms with Crippen molar-refractivity contribution in [1.29, 1.82) is 0 Å². The van der Waals surface area contributed by atoms with Crippen LogP contribution < -0.4 is 9.64 Å². The fourth-order valence-electron chi connectivity index (χ4n) is 3.58. The normalized spacial score (nSPS) is 24.3. The van der Waals surface area contributed by atoms with Crippen molar-refractivity contribution in [3.63, 3.8) is 0 Å². The third kappa shape index (κ3) is 2.35. The number of carbonyl (C=O) groups excluding carboxylic acids is 1. The fraction of sp³-hybridized carbons (Fsp3) is 0.353. The molecule has 0 bridgehead atoms. The van der Waals surface area contributed by atoms with Gasteiger partial charge in [-0.2, -0.15) is 0 Å². The van der Waals surface area contributed by atoms with Crippen LogP contribution in [0.1, 0.15) is 23.9 Å². The lowest BCUT2D eigenvalue weighted by Gasteiger charge is -2.28. The van der Waals surface area contributed by atoms with E-state index < -0.39 is 0 Å². The molecule has 23 heavy (non-hydrogen) atoms. The molecule has 1 aromatic heterocycles. The van der Waals surface area contributed by atoms with Gasteiger partial charge in [0.15, 0.2) is 0 Å². The average molecular weight is 349 g/mol. The van der Waals surface area contributed by atoms with Gasteiger partial charge in [0.2, 0.25) is 5.91 Å². The molecule has 4 nitrogen and oxygen atoms in total. The predicted molar refractivity (Wildman–Crippen MR) is 92.3 cm³/mol. The number of nitrogens with zero attached hydrogens (tertiary/aromatic N) is 2. The van der Waals surface area contributed by atoms with E-state index >= 15 is 0 Å². The van der Waals surface area contributed by atoms with E-state index in [4.69, 9.17) is 16.3 Å². The van der Waals surface area contributed by atoms with Crippen LogP contribution in [-0.4, -0.2) is 30.5 Å². The molecule has 0 saturated carbocycles. The molecule has 2 aliphatic heterocycles. The molecule has 0 radical (unpaired) electrons. The molecule has 0 spiro atoms. The summed E-state index contributed by atoms with van der Waals surface area (Å²) in [7, 11) is 1.59. The average Bonchev–Trinajstić information content (AvgIpc) is 3.26. The zero-order valence-electron chi connectivity index (χ0n) is 12.7. The highest BCUT2D eigenvalue weighted by Gasteiger charge is 2.49. The van der Waals surface area contributed by atoms with E-state index in [1.807, 2.05) is 29.2 Å². The highest BCUT2D eigenvalue weighted by molar-refractivity contribution is 7.10. The number of thiophene rings is 1. The largest absolute Gasteiger partial charge is 0.495 e. The maximum atomic E-state index is 13.0. The SMILES string of the molecule is COc1ccc(N2C(=O)[C@H]3CCCN3[C@H]2c2cccs2)cc1Cl. The van der Waals surface area contributed by atoms with E-state index in [1.54, 1.807) is 18.4 Å². The van der Waals surface area contributed by atoms with Crippen molar-refractivity contribution < 1.29 is 9.53 Å². The number of anilines is 1. The molecular formula is C17H17ClN2O2S. The van der Waals surface area contributed by atoms with E-state index in [0.717, 1.165) is 25.1 Å². The number of methoxy groups -OCH3 is 1. The van der Waals surface area contributed by atoms with Crippen molar-refractivity contribution >= 4 is 34.5 Å². The lowest BCUT2D eigenvalue weighted by atomic mass is 10.2. The summed E-state index contributed by atoms with van der Waals surface area (Å²) in [6.07, 6.45) is 1.98. The van der Waals surface area contributed by atoms with Crippen molar-refractivity contribution in [2.45, 2.75) is 25.0 Å². The Morgan fingerprint density at radius 1 is 1.35 bits per heavy atom. The van der Waals surface area contributed by atoms with Crippen molar-refractivity contribution in [3.05, 3.63) is 45.6 Å². The van der Waals surface area contributed by atoms with Crippen LogP contribution in [0.5, 0.6) is 5.75 Å². The third-order valence-corrected chi connectivity index (χ3v) is 5.79. The topological polar surface area (TPSA) is 32.8 Å². The molecule has 6 heteroatoms. The number of benzene rings is 1. The summed E-state index contributed by atoms with van der Waals surface area (Å²) >= 11 is 7.96. The van der Waals surface area contributed by atoms with Crippen molar-refractivity contribution in [3.8, 4) is 5.75 Å². The van der Waals surface area contributed by atoms with Crippen molar-refractivity contribution in [1.82, 2.24) is 4.90 Å². The number of fused-ring (bicyclic) bond motifs is 1. The molecule has 120 valence electrons. The van der Waals surface area contributed by atoms with Crippen LogP contribution in [-0.2, 0) is 4.79 Å². The molecular weight excluding hydrogens is 332 g/mol. The lowest BCUT2D eigenvalue weighted by molar-refractivity contribution is -0.119. The minimum atomic E-state index is -0.0283. The predicted octanol–water partition coefficient (Wildman–Crippen LogP) is 3.92. The molecule has 0 aliphatic carbocycles. The second-order valence-corrected chi connectivity index (χ2v) is 7.20. The van der Waals surface area contributed by atoms with E-state index in [1.165, 1.54) is 4.88 Å².